The van der Waals surface area contributed by atoms with Gasteiger partial charge in [0.05, 0.1) is 12.5 Å². The third-order valence-electron chi connectivity index (χ3n) is 6.25. The number of carbonyl (C=O) groups is 2. The first-order chi connectivity index (χ1) is 12.5. The van der Waals surface area contributed by atoms with Crippen molar-refractivity contribution in [1.29, 1.82) is 0 Å². The van der Waals surface area contributed by atoms with E-state index < -0.39 is 0 Å². The summed E-state index contributed by atoms with van der Waals surface area (Å²) in [5, 5.41) is 6.09. The van der Waals surface area contributed by atoms with Crippen molar-refractivity contribution in [2.75, 3.05) is 13.1 Å². The van der Waals surface area contributed by atoms with Gasteiger partial charge in [-0.25, -0.2) is 0 Å². The van der Waals surface area contributed by atoms with E-state index in [-0.39, 0.29) is 29.8 Å². The zero-order chi connectivity index (χ0) is 18.7. The maximum atomic E-state index is 12.7. The van der Waals surface area contributed by atoms with Crippen molar-refractivity contribution in [2.24, 2.45) is 0 Å². The summed E-state index contributed by atoms with van der Waals surface area (Å²) in [4.78, 5) is 27.5. The molecular weight excluding hydrogens is 326 g/mol. The fourth-order valence-corrected chi connectivity index (χ4v) is 4.14. The molecule has 0 bridgehead atoms. The Hall–Kier alpha value is -1.88. The van der Waals surface area contributed by atoms with Crippen LogP contribution in [0, 0.1) is 0 Å². The summed E-state index contributed by atoms with van der Waals surface area (Å²) in [5.41, 5.74) is 2.55. The Kier molecular flexibility index (Phi) is 5.66. The minimum absolute atomic E-state index is 0.0166. The Balaban J connectivity index is 1.70. The molecule has 2 aliphatic rings. The molecule has 1 aliphatic carbocycles. The van der Waals surface area contributed by atoms with Crippen molar-refractivity contribution in [2.45, 2.75) is 70.5 Å². The minimum atomic E-state index is -0.374. The number of hydrogen-bond acceptors (Lipinski definition) is 3. The molecule has 1 aliphatic heterocycles. The van der Waals surface area contributed by atoms with Gasteiger partial charge in [0, 0.05) is 24.7 Å². The number of amides is 2. The summed E-state index contributed by atoms with van der Waals surface area (Å²) in [6, 6.07) is 8.43. The van der Waals surface area contributed by atoms with Crippen LogP contribution in [0.2, 0.25) is 0 Å². The number of rotatable bonds is 6. The van der Waals surface area contributed by atoms with Crippen LogP contribution in [0.15, 0.2) is 24.3 Å². The Morgan fingerprint density at radius 2 is 1.85 bits per heavy atom. The SMILES string of the molecule is CCC(C)(CC)NC(=O)C[C@H]1C(=O)NCCN1C1Cc2ccccc2C1. The standard InChI is InChI=1S/C21H31N3O2/c1-4-21(3,5-2)23-19(25)14-18-20(26)22-10-11-24(18)17-12-15-8-6-7-9-16(15)13-17/h6-9,17-18H,4-5,10-14H2,1-3H3,(H,22,26)(H,23,25)/t18-/m0/s1. The maximum Gasteiger partial charge on any atom is 0.237 e. The maximum absolute atomic E-state index is 12.7. The molecule has 1 heterocycles. The molecule has 0 unspecified atom stereocenters. The molecule has 2 N–H and O–H groups in total. The molecule has 1 aromatic rings. The summed E-state index contributed by atoms with van der Waals surface area (Å²) >= 11 is 0. The Bertz CT molecular complexity index is 644. The Labute approximate surface area is 156 Å². The first-order valence-corrected chi connectivity index (χ1v) is 9.87. The van der Waals surface area contributed by atoms with Crippen molar-refractivity contribution in [3.63, 3.8) is 0 Å². The lowest BCUT2D eigenvalue weighted by Gasteiger charge is -2.39. The fraction of sp³-hybridized carbons (Fsp3) is 0.619. The van der Waals surface area contributed by atoms with E-state index in [0.717, 1.165) is 32.2 Å². The van der Waals surface area contributed by atoms with Gasteiger partial charge in [0.25, 0.3) is 0 Å². The van der Waals surface area contributed by atoms with Gasteiger partial charge in [-0.15, -0.1) is 0 Å². The van der Waals surface area contributed by atoms with Crippen molar-refractivity contribution >= 4 is 11.8 Å². The number of carbonyl (C=O) groups excluding carboxylic acids is 2. The lowest BCUT2D eigenvalue weighted by atomic mass is 9.94. The molecule has 1 fully saturated rings. The van der Waals surface area contributed by atoms with Crippen LogP contribution in [0.25, 0.3) is 0 Å². The summed E-state index contributed by atoms with van der Waals surface area (Å²) in [5.74, 6) is -0.0455. The lowest BCUT2D eigenvalue weighted by molar-refractivity contribution is -0.135. The van der Waals surface area contributed by atoms with Gasteiger partial charge in [0.2, 0.25) is 11.8 Å². The fourth-order valence-electron chi connectivity index (χ4n) is 4.14. The van der Waals surface area contributed by atoms with Crippen molar-refractivity contribution in [3.05, 3.63) is 35.4 Å². The summed E-state index contributed by atoms with van der Waals surface area (Å²) in [7, 11) is 0. The van der Waals surface area contributed by atoms with Crippen LogP contribution >= 0.6 is 0 Å². The second kappa shape index (κ2) is 7.78. The first-order valence-electron chi connectivity index (χ1n) is 9.87. The largest absolute Gasteiger partial charge is 0.353 e. The first kappa shape index (κ1) is 18.9. The van der Waals surface area contributed by atoms with Crippen LogP contribution < -0.4 is 10.6 Å². The molecule has 5 nitrogen and oxygen atoms in total. The van der Waals surface area contributed by atoms with E-state index in [1.165, 1.54) is 11.1 Å². The van der Waals surface area contributed by atoms with Crippen molar-refractivity contribution < 1.29 is 9.59 Å². The highest BCUT2D eigenvalue weighted by molar-refractivity contribution is 5.89. The Morgan fingerprint density at radius 3 is 2.42 bits per heavy atom. The van der Waals surface area contributed by atoms with Crippen LogP contribution in [0.3, 0.4) is 0 Å². The van der Waals surface area contributed by atoms with E-state index in [4.69, 9.17) is 0 Å². The smallest absolute Gasteiger partial charge is 0.237 e. The highest BCUT2D eigenvalue weighted by Crippen LogP contribution is 2.28. The van der Waals surface area contributed by atoms with Crippen molar-refractivity contribution in [3.8, 4) is 0 Å². The molecule has 0 aromatic heterocycles. The minimum Gasteiger partial charge on any atom is -0.353 e. The van der Waals surface area contributed by atoms with Gasteiger partial charge in [-0.2, -0.15) is 0 Å². The van der Waals surface area contributed by atoms with E-state index in [0.29, 0.717) is 12.6 Å². The normalized spacial score (nSPS) is 21.3. The molecule has 1 aromatic carbocycles. The zero-order valence-corrected chi connectivity index (χ0v) is 16.2. The van der Waals surface area contributed by atoms with E-state index in [1.54, 1.807) is 0 Å². The van der Waals surface area contributed by atoms with Gasteiger partial charge in [-0.1, -0.05) is 38.1 Å². The third kappa shape index (κ3) is 3.93. The van der Waals surface area contributed by atoms with E-state index in [2.05, 4.69) is 60.6 Å². The lowest BCUT2D eigenvalue weighted by Crippen LogP contribution is -2.60. The van der Waals surface area contributed by atoms with Crippen LogP contribution in [-0.2, 0) is 22.4 Å². The van der Waals surface area contributed by atoms with Gasteiger partial charge >= 0.3 is 0 Å². The van der Waals surface area contributed by atoms with Gasteiger partial charge in [0.15, 0.2) is 0 Å². The average molecular weight is 357 g/mol. The van der Waals surface area contributed by atoms with Crippen LogP contribution in [0.1, 0.15) is 51.2 Å². The predicted molar refractivity (Wildman–Crippen MR) is 103 cm³/mol. The quantitative estimate of drug-likeness (QED) is 0.819. The van der Waals surface area contributed by atoms with E-state index >= 15 is 0 Å². The molecule has 2 amide bonds. The summed E-state index contributed by atoms with van der Waals surface area (Å²) < 4.78 is 0. The van der Waals surface area contributed by atoms with Gasteiger partial charge in [-0.05, 0) is 43.7 Å². The molecule has 0 spiro atoms. The summed E-state index contributed by atoms with van der Waals surface area (Å²) in [6.07, 6.45) is 3.92. The molecule has 0 saturated carbocycles. The van der Waals surface area contributed by atoms with E-state index in [1.807, 2.05) is 0 Å². The number of fused-ring (bicyclic) bond motifs is 1. The highest BCUT2D eigenvalue weighted by Gasteiger charge is 2.38. The molecule has 1 atom stereocenters. The molecule has 142 valence electrons. The highest BCUT2D eigenvalue weighted by atomic mass is 16.2. The molecule has 3 rings (SSSR count). The molecule has 5 heteroatoms. The second-order valence-electron chi connectivity index (χ2n) is 7.90. The van der Waals surface area contributed by atoms with Crippen LogP contribution in [0.4, 0.5) is 0 Å². The van der Waals surface area contributed by atoms with Gasteiger partial charge in [-0.3, -0.25) is 14.5 Å². The topological polar surface area (TPSA) is 61.4 Å². The third-order valence-corrected chi connectivity index (χ3v) is 6.25. The number of piperazine rings is 1. The molecular formula is C21H31N3O2. The number of nitrogens with one attached hydrogen (secondary N) is 2. The van der Waals surface area contributed by atoms with Crippen LogP contribution in [-0.4, -0.2) is 47.4 Å². The second-order valence-corrected chi connectivity index (χ2v) is 7.90. The number of nitrogens with zero attached hydrogens (tertiary/aromatic N) is 1. The van der Waals surface area contributed by atoms with Crippen LogP contribution in [0.5, 0.6) is 0 Å². The Morgan fingerprint density at radius 1 is 1.23 bits per heavy atom. The molecule has 26 heavy (non-hydrogen) atoms. The molecule has 0 radical (unpaired) electrons. The monoisotopic (exact) mass is 357 g/mol. The number of hydrogen-bond donors (Lipinski definition) is 2. The zero-order valence-electron chi connectivity index (χ0n) is 16.2. The van der Waals surface area contributed by atoms with Gasteiger partial charge < -0.3 is 10.6 Å². The predicted octanol–water partition coefficient (Wildman–Crippen LogP) is 2.04. The van der Waals surface area contributed by atoms with Gasteiger partial charge in [0.1, 0.15) is 0 Å². The van der Waals surface area contributed by atoms with E-state index in [9.17, 15) is 9.59 Å². The average Bonchev–Trinajstić information content (AvgIpc) is 3.07. The molecule has 1 saturated heterocycles. The summed E-state index contributed by atoms with van der Waals surface area (Å²) in [6.45, 7) is 7.70. The number of benzene rings is 1. The van der Waals surface area contributed by atoms with Crippen molar-refractivity contribution in [1.82, 2.24) is 15.5 Å².